The zero-order valence-electron chi connectivity index (χ0n) is 9.81. The summed E-state index contributed by atoms with van der Waals surface area (Å²) in [7, 11) is 0. The monoisotopic (exact) mass is 231 g/mol. The van der Waals surface area contributed by atoms with Gasteiger partial charge in [0.25, 0.3) is 0 Å². The molecule has 0 aliphatic rings. The van der Waals surface area contributed by atoms with Crippen molar-refractivity contribution in [2.45, 2.75) is 19.8 Å². The Morgan fingerprint density at radius 2 is 1.94 bits per heavy atom. The number of rotatable bonds is 2. The molecular weight excluding hydrogens is 217 g/mol. The van der Waals surface area contributed by atoms with Gasteiger partial charge in [-0.05, 0) is 24.1 Å². The first-order valence-electron chi connectivity index (χ1n) is 5.46. The predicted molar refractivity (Wildman–Crippen MR) is 65.9 cm³/mol. The summed E-state index contributed by atoms with van der Waals surface area (Å²) in [5.41, 5.74) is 7.88. The average molecular weight is 231 g/mol. The second kappa shape index (κ2) is 4.49. The Balaban J connectivity index is 2.52. The lowest BCUT2D eigenvalue weighted by molar-refractivity contribution is 0.628. The Kier molecular flexibility index (Phi) is 3.04. The van der Waals surface area contributed by atoms with Gasteiger partial charge in [-0.2, -0.15) is 0 Å². The normalized spacial score (nSPS) is 10.8. The van der Waals surface area contributed by atoms with E-state index >= 15 is 0 Å². The standard InChI is InChI=1S/C13H14FN3/c1-8(2)11-7-12(17-13(15)16-11)9-4-3-5-10(14)6-9/h3-8H,1-2H3,(H2,15,16,17). The second-order valence-corrected chi connectivity index (χ2v) is 4.20. The fraction of sp³-hybridized carbons (Fsp3) is 0.231. The molecule has 1 aromatic heterocycles. The van der Waals surface area contributed by atoms with Gasteiger partial charge in [-0.1, -0.05) is 26.0 Å². The van der Waals surface area contributed by atoms with Crippen LogP contribution in [0, 0.1) is 5.82 Å². The van der Waals surface area contributed by atoms with Crippen molar-refractivity contribution in [1.29, 1.82) is 0 Å². The van der Waals surface area contributed by atoms with Gasteiger partial charge in [0.2, 0.25) is 5.95 Å². The van der Waals surface area contributed by atoms with Gasteiger partial charge in [0, 0.05) is 11.3 Å². The lowest BCUT2D eigenvalue weighted by Gasteiger charge is -2.08. The van der Waals surface area contributed by atoms with Crippen LogP contribution in [0.1, 0.15) is 25.5 Å². The minimum absolute atomic E-state index is 0.218. The molecule has 3 nitrogen and oxygen atoms in total. The second-order valence-electron chi connectivity index (χ2n) is 4.20. The Hall–Kier alpha value is -1.97. The molecule has 1 heterocycles. The number of anilines is 1. The summed E-state index contributed by atoms with van der Waals surface area (Å²) in [5.74, 6) is 0.189. The molecule has 0 bridgehead atoms. The molecule has 17 heavy (non-hydrogen) atoms. The van der Waals surface area contributed by atoms with Gasteiger partial charge in [0.1, 0.15) is 5.82 Å². The molecule has 0 spiro atoms. The van der Waals surface area contributed by atoms with E-state index in [1.54, 1.807) is 12.1 Å². The molecule has 2 rings (SSSR count). The summed E-state index contributed by atoms with van der Waals surface area (Å²) in [4.78, 5) is 8.28. The topological polar surface area (TPSA) is 51.8 Å². The molecule has 0 atom stereocenters. The molecule has 0 amide bonds. The highest BCUT2D eigenvalue weighted by atomic mass is 19.1. The highest BCUT2D eigenvalue weighted by Crippen LogP contribution is 2.22. The number of nitrogen functional groups attached to an aromatic ring is 1. The molecule has 0 unspecified atom stereocenters. The number of halogens is 1. The molecule has 0 radical (unpaired) electrons. The third-order valence-corrected chi connectivity index (χ3v) is 2.48. The Bertz CT molecular complexity index is 538. The van der Waals surface area contributed by atoms with Crippen molar-refractivity contribution >= 4 is 5.95 Å². The van der Waals surface area contributed by atoms with Crippen LogP contribution >= 0.6 is 0 Å². The smallest absolute Gasteiger partial charge is 0.220 e. The summed E-state index contributed by atoms with van der Waals surface area (Å²) >= 11 is 0. The zero-order chi connectivity index (χ0) is 12.4. The van der Waals surface area contributed by atoms with Crippen LogP contribution in [0.4, 0.5) is 10.3 Å². The van der Waals surface area contributed by atoms with Crippen molar-refractivity contribution < 1.29 is 4.39 Å². The van der Waals surface area contributed by atoms with E-state index in [4.69, 9.17) is 5.73 Å². The van der Waals surface area contributed by atoms with Crippen molar-refractivity contribution in [2.24, 2.45) is 0 Å². The van der Waals surface area contributed by atoms with Gasteiger partial charge >= 0.3 is 0 Å². The zero-order valence-corrected chi connectivity index (χ0v) is 9.81. The SMILES string of the molecule is CC(C)c1cc(-c2cccc(F)c2)nc(N)n1. The lowest BCUT2D eigenvalue weighted by Crippen LogP contribution is -2.02. The highest BCUT2D eigenvalue weighted by molar-refractivity contribution is 5.60. The summed E-state index contributed by atoms with van der Waals surface area (Å²) in [6, 6.07) is 8.13. The number of aromatic nitrogens is 2. The van der Waals surface area contributed by atoms with E-state index in [-0.39, 0.29) is 17.7 Å². The van der Waals surface area contributed by atoms with Crippen molar-refractivity contribution in [1.82, 2.24) is 9.97 Å². The van der Waals surface area contributed by atoms with E-state index < -0.39 is 0 Å². The van der Waals surface area contributed by atoms with Crippen LogP contribution in [0.15, 0.2) is 30.3 Å². The van der Waals surface area contributed by atoms with E-state index in [2.05, 4.69) is 9.97 Å². The highest BCUT2D eigenvalue weighted by Gasteiger charge is 2.08. The minimum Gasteiger partial charge on any atom is -0.368 e. The minimum atomic E-state index is -0.286. The fourth-order valence-electron chi connectivity index (χ4n) is 1.58. The summed E-state index contributed by atoms with van der Waals surface area (Å²) in [5, 5.41) is 0. The Morgan fingerprint density at radius 3 is 2.59 bits per heavy atom. The Morgan fingerprint density at radius 1 is 1.18 bits per heavy atom. The average Bonchev–Trinajstić information content (AvgIpc) is 2.28. The number of nitrogens with two attached hydrogens (primary N) is 1. The number of hydrogen-bond acceptors (Lipinski definition) is 3. The summed E-state index contributed by atoms with van der Waals surface area (Å²) in [6.45, 7) is 4.05. The van der Waals surface area contributed by atoms with Crippen LogP contribution < -0.4 is 5.73 Å². The van der Waals surface area contributed by atoms with E-state index in [0.29, 0.717) is 11.3 Å². The van der Waals surface area contributed by atoms with E-state index in [1.165, 1.54) is 12.1 Å². The predicted octanol–water partition coefficient (Wildman–Crippen LogP) is 2.99. The van der Waals surface area contributed by atoms with Crippen molar-refractivity contribution in [3.05, 3.63) is 41.8 Å². The number of benzene rings is 1. The first kappa shape index (κ1) is 11.5. The first-order valence-corrected chi connectivity index (χ1v) is 5.46. The maximum absolute atomic E-state index is 13.1. The molecule has 0 saturated carbocycles. The van der Waals surface area contributed by atoms with E-state index in [1.807, 2.05) is 19.9 Å². The largest absolute Gasteiger partial charge is 0.368 e. The van der Waals surface area contributed by atoms with Crippen molar-refractivity contribution in [3.63, 3.8) is 0 Å². The molecule has 0 aliphatic carbocycles. The third-order valence-electron chi connectivity index (χ3n) is 2.48. The van der Waals surface area contributed by atoms with E-state index in [9.17, 15) is 4.39 Å². The van der Waals surface area contributed by atoms with Gasteiger partial charge in [-0.15, -0.1) is 0 Å². The summed E-state index contributed by atoms with van der Waals surface area (Å²) < 4.78 is 13.1. The van der Waals surface area contributed by atoms with Crippen LogP contribution in [0.3, 0.4) is 0 Å². The van der Waals surface area contributed by atoms with Crippen molar-refractivity contribution in [3.8, 4) is 11.3 Å². The van der Waals surface area contributed by atoms with Crippen LogP contribution in [0.5, 0.6) is 0 Å². The molecule has 88 valence electrons. The van der Waals surface area contributed by atoms with Crippen LogP contribution in [0.25, 0.3) is 11.3 Å². The molecule has 1 aromatic carbocycles. The van der Waals surface area contributed by atoms with Gasteiger partial charge in [0.15, 0.2) is 0 Å². The molecule has 0 aliphatic heterocycles. The molecular formula is C13H14FN3. The first-order chi connectivity index (χ1) is 8.06. The third kappa shape index (κ3) is 2.58. The maximum atomic E-state index is 13.1. The molecule has 0 fully saturated rings. The maximum Gasteiger partial charge on any atom is 0.220 e. The van der Waals surface area contributed by atoms with Crippen LogP contribution in [-0.2, 0) is 0 Å². The number of nitrogens with zero attached hydrogens (tertiary/aromatic N) is 2. The van der Waals surface area contributed by atoms with Crippen LogP contribution in [-0.4, -0.2) is 9.97 Å². The van der Waals surface area contributed by atoms with Gasteiger partial charge in [-0.25, -0.2) is 14.4 Å². The molecule has 2 aromatic rings. The van der Waals surface area contributed by atoms with Gasteiger partial charge in [-0.3, -0.25) is 0 Å². The van der Waals surface area contributed by atoms with Crippen molar-refractivity contribution in [2.75, 3.05) is 5.73 Å². The fourth-order valence-corrected chi connectivity index (χ4v) is 1.58. The van der Waals surface area contributed by atoms with Gasteiger partial charge in [0.05, 0.1) is 5.69 Å². The summed E-state index contributed by atoms with van der Waals surface area (Å²) in [6.07, 6.45) is 0. The lowest BCUT2D eigenvalue weighted by atomic mass is 10.1. The molecule has 4 heteroatoms. The van der Waals surface area contributed by atoms with Gasteiger partial charge < -0.3 is 5.73 Å². The Labute approximate surface area is 99.5 Å². The molecule has 2 N–H and O–H groups in total. The van der Waals surface area contributed by atoms with Crippen LogP contribution in [0.2, 0.25) is 0 Å². The van der Waals surface area contributed by atoms with E-state index in [0.717, 1.165) is 5.69 Å². The number of hydrogen-bond donors (Lipinski definition) is 1. The molecule has 0 saturated heterocycles. The quantitative estimate of drug-likeness (QED) is 0.864.